The fraction of sp³-hybridized carbons (Fsp3) is 0.438. The Morgan fingerprint density at radius 3 is 1.82 bits per heavy atom. The maximum absolute atomic E-state index is 13.0. The van der Waals surface area contributed by atoms with E-state index in [9.17, 15) is 9.32 Å². The Morgan fingerprint density at radius 1 is 0.846 bits per heavy atom. The fourth-order valence-electron chi connectivity index (χ4n) is 4.43. The molecule has 5 nitrogen and oxygen atoms in total. The summed E-state index contributed by atoms with van der Waals surface area (Å²) >= 11 is 0. The van der Waals surface area contributed by atoms with Gasteiger partial charge in [-0.15, -0.1) is 0 Å². The zero-order valence-corrected chi connectivity index (χ0v) is 27.0. The van der Waals surface area contributed by atoms with Gasteiger partial charge in [0.25, 0.3) is 0 Å². The van der Waals surface area contributed by atoms with Crippen molar-refractivity contribution in [1.29, 1.82) is 0 Å². The Bertz CT molecular complexity index is 1250. The average molecular weight is 568 g/mol. The van der Waals surface area contributed by atoms with Crippen molar-refractivity contribution in [3.05, 3.63) is 77.4 Å². The number of hydrogen-bond acceptors (Lipinski definition) is 4. The highest BCUT2D eigenvalue weighted by Crippen LogP contribution is 2.41. The van der Waals surface area contributed by atoms with E-state index in [0.29, 0.717) is 18.5 Å². The van der Waals surface area contributed by atoms with Gasteiger partial charge in [-0.05, 0) is 52.8 Å². The number of phenolic OH excluding ortho intramolecular Hbond substituents is 1. The number of hydrogen-bond donors (Lipinski definition) is 1. The molecule has 0 fully saturated rings. The third-order valence-electron chi connectivity index (χ3n) is 6.98. The molecule has 1 unspecified atom stereocenters. The predicted octanol–water partition coefficient (Wildman–Crippen LogP) is 6.68. The summed E-state index contributed by atoms with van der Waals surface area (Å²) < 4.78 is 26.4. The van der Waals surface area contributed by atoms with Gasteiger partial charge in [0.15, 0.2) is 0 Å². The number of benzene rings is 3. The first-order chi connectivity index (χ1) is 18.0. The number of ether oxygens (including phenoxy) is 2. The van der Waals surface area contributed by atoms with Gasteiger partial charge in [-0.25, -0.2) is 8.51 Å². The second kappa shape index (κ2) is 11.9. The van der Waals surface area contributed by atoms with Crippen molar-refractivity contribution < 1.29 is 18.8 Å². The fourth-order valence-corrected chi connectivity index (χ4v) is 7.19. The highest BCUT2D eigenvalue weighted by Gasteiger charge is 2.29. The number of rotatable bonds is 9. The number of aromatic hydroxyl groups is 1. The molecule has 0 aromatic heterocycles. The van der Waals surface area contributed by atoms with Crippen LogP contribution in [0.3, 0.4) is 0 Å². The molecule has 7 heteroatoms. The molecule has 1 N–H and O–H groups in total. The molecule has 0 saturated heterocycles. The molecule has 39 heavy (non-hydrogen) atoms. The summed E-state index contributed by atoms with van der Waals surface area (Å²) in [6.07, 6.45) is 0.631. The van der Waals surface area contributed by atoms with E-state index in [4.69, 9.17) is 9.47 Å². The summed E-state index contributed by atoms with van der Waals surface area (Å²) in [5.74, 6) is 1.93. The van der Waals surface area contributed by atoms with Crippen molar-refractivity contribution in [2.75, 3.05) is 20.4 Å². The molecule has 3 aromatic rings. The second-order valence-electron chi connectivity index (χ2n) is 12.9. The molecule has 3 aromatic carbocycles. The van der Waals surface area contributed by atoms with Crippen molar-refractivity contribution in [2.24, 2.45) is 0 Å². The van der Waals surface area contributed by atoms with Gasteiger partial charge in [0.2, 0.25) is 0 Å². The zero-order chi connectivity index (χ0) is 29.2. The molecular formula is C32H45NO4SSi. The lowest BCUT2D eigenvalue weighted by molar-refractivity contribution is 0.369. The monoisotopic (exact) mass is 567 g/mol. The summed E-state index contributed by atoms with van der Waals surface area (Å²) in [4.78, 5) is 0.749. The van der Waals surface area contributed by atoms with Gasteiger partial charge in [0, 0.05) is 24.7 Å². The molecule has 0 bridgehead atoms. The van der Waals surface area contributed by atoms with Gasteiger partial charge in [0.1, 0.15) is 36.3 Å². The second-order valence-corrected chi connectivity index (χ2v) is 19.2. The third-order valence-corrected chi connectivity index (χ3v) is 11.1. The van der Waals surface area contributed by atoms with Gasteiger partial charge in [0.05, 0.1) is 18.2 Å². The van der Waals surface area contributed by atoms with Gasteiger partial charge in [-0.2, -0.15) is 0 Å². The van der Waals surface area contributed by atoms with Gasteiger partial charge >= 0.3 is 0 Å². The zero-order valence-electron chi connectivity index (χ0n) is 25.2. The molecule has 1 atom stereocenters. The summed E-state index contributed by atoms with van der Waals surface area (Å²) in [5, 5.41) is 12.3. The Balaban J connectivity index is 1.72. The molecular weight excluding hydrogens is 523 g/mol. The number of nitrogens with zero attached hydrogens (tertiary/aromatic N) is 1. The first-order valence-corrected chi connectivity index (χ1v) is 17.7. The molecule has 0 aliphatic rings. The Labute approximate surface area is 238 Å². The van der Waals surface area contributed by atoms with Crippen LogP contribution in [0, 0.1) is 0 Å². The predicted molar refractivity (Wildman–Crippen MR) is 165 cm³/mol. The van der Waals surface area contributed by atoms with Crippen LogP contribution in [0.15, 0.2) is 65.6 Å². The van der Waals surface area contributed by atoms with Crippen LogP contribution < -0.4 is 14.7 Å². The largest absolute Gasteiger partial charge is 0.507 e. The molecule has 212 valence electrons. The van der Waals surface area contributed by atoms with Crippen LogP contribution in [-0.2, 0) is 28.4 Å². The van der Waals surface area contributed by atoms with Crippen molar-refractivity contribution >= 4 is 24.2 Å². The molecule has 0 heterocycles. The Kier molecular flexibility index (Phi) is 9.41. The van der Waals surface area contributed by atoms with Crippen LogP contribution in [-0.4, -0.2) is 42.1 Å². The van der Waals surface area contributed by atoms with Crippen LogP contribution in [0.4, 0.5) is 0 Å². The molecule has 0 spiro atoms. The highest BCUT2D eigenvalue weighted by atomic mass is 32.2. The van der Waals surface area contributed by atoms with Crippen LogP contribution >= 0.6 is 0 Å². The maximum atomic E-state index is 13.0. The van der Waals surface area contributed by atoms with Crippen molar-refractivity contribution in [1.82, 2.24) is 4.31 Å². The third kappa shape index (κ3) is 7.74. The van der Waals surface area contributed by atoms with Crippen LogP contribution in [0.5, 0.6) is 17.2 Å². The van der Waals surface area contributed by atoms with Gasteiger partial charge < -0.3 is 14.6 Å². The standard InChI is InChI=1S/C32H45NO4SSi/c1-31(2,3)28-19-25(20-29(30(28)34)32(4,5)6)37-22-39(9,10)27-17-11-23(12-18-27)21-33(7)38(35)26-15-13-24(36-8)14-16-26/h11-20,34H,21-22H2,1-10H3. The number of methoxy groups -OCH3 is 1. The SMILES string of the molecule is COc1ccc(S(=O)N(C)Cc2ccc([Si](C)(C)COc3cc(C(C)(C)C)c(O)c(C(C)(C)C)c3)cc2)cc1. The lowest BCUT2D eigenvalue weighted by atomic mass is 9.79. The minimum Gasteiger partial charge on any atom is -0.507 e. The molecule has 0 aliphatic heterocycles. The number of phenols is 1. The molecule has 0 amide bonds. The minimum atomic E-state index is -1.92. The van der Waals surface area contributed by atoms with E-state index in [-0.39, 0.29) is 10.8 Å². The summed E-state index contributed by atoms with van der Waals surface area (Å²) in [5.41, 5.74) is 2.53. The maximum Gasteiger partial charge on any atom is 0.127 e. The Morgan fingerprint density at radius 2 is 1.36 bits per heavy atom. The summed E-state index contributed by atoms with van der Waals surface area (Å²) in [7, 11) is 0.318. The van der Waals surface area contributed by atoms with E-state index in [1.165, 1.54) is 5.19 Å². The average Bonchev–Trinajstić information content (AvgIpc) is 2.86. The molecule has 0 aliphatic carbocycles. The first kappa shape index (κ1) is 30.9. The van der Waals surface area contributed by atoms with Gasteiger partial charge in [-0.3, -0.25) is 0 Å². The van der Waals surface area contributed by atoms with Crippen molar-refractivity contribution in [3.63, 3.8) is 0 Å². The smallest absolute Gasteiger partial charge is 0.127 e. The van der Waals surface area contributed by atoms with E-state index in [1.54, 1.807) is 7.11 Å². The van der Waals surface area contributed by atoms with Crippen molar-refractivity contribution in [2.45, 2.75) is 76.9 Å². The van der Waals surface area contributed by atoms with Crippen LogP contribution in [0.25, 0.3) is 0 Å². The lowest BCUT2D eigenvalue weighted by Gasteiger charge is -2.29. The lowest BCUT2D eigenvalue weighted by Crippen LogP contribution is -2.47. The quantitative estimate of drug-likeness (QED) is 0.293. The topological polar surface area (TPSA) is 59.0 Å². The van der Waals surface area contributed by atoms with Crippen LogP contribution in [0.2, 0.25) is 13.1 Å². The molecule has 0 radical (unpaired) electrons. The van der Waals surface area contributed by atoms with Crippen LogP contribution in [0.1, 0.15) is 58.2 Å². The minimum absolute atomic E-state index is 0.198. The van der Waals surface area contributed by atoms with E-state index < -0.39 is 19.1 Å². The summed E-state index contributed by atoms with van der Waals surface area (Å²) in [6.45, 7) is 17.9. The van der Waals surface area contributed by atoms with E-state index in [1.807, 2.05) is 47.8 Å². The first-order valence-electron chi connectivity index (χ1n) is 13.4. The normalized spacial score (nSPS) is 13.4. The van der Waals surface area contributed by atoms with E-state index in [0.717, 1.165) is 33.1 Å². The molecule has 0 saturated carbocycles. The van der Waals surface area contributed by atoms with E-state index >= 15 is 0 Å². The molecule has 3 rings (SSSR count). The van der Waals surface area contributed by atoms with E-state index in [2.05, 4.69) is 78.9 Å². The highest BCUT2D eigenvalue weighted by molar-refractivity contribution is 7.82. The van der Waals surface area contributed by atoms with Crippen molar-refractivity contribution in [3.8, 4) is 17.2 Å². The van der Waals surface area contributed by atoms with Gasteiger partial charge in [-0.1, -0.05) is 84.1 Å². The Hall–Kier alpha value is -2.61. The summed E-state index contributed by atoms with van der Waals surface area (Å²) in [6, 6.07) is 20.0.